The van der Waals surface area contributed by atoms with Gasteiger partial charge in [0.25, 0.3) is 5.91 Å². The maximum Gasteiger partial charge on any atom is 0.261 e. The van der Waals surface area contributed by atoms with Crippen LogP contribution in [-0.4, -0.2) is 15.9 Å². The molecule has 0 aliphatic heterocycles. The van der Waals surface area contributed by atoms with Crippen molar-refractivity contribution in [3.63, 3.8) is 0 Å². The summed E-state index contributed by atoms with van der Waals surface area (Å²) in [5.41, 5.74) is 1.85. The molecule has 2 aromatic heterocycles. The number of amides is 1. The largest absolute Gasteiger partial charge is 0.279 e. The van der Waals surface area contributed by atoms with Crippen LogP contribution < -0.4 is 4.90 Å². The SMILES string of the molecule is O=C(c1ccc(F)cc1Cl)N(Cc1cccnc1)c1nc2ccc(Br)cc2s1. The van der Waals surface area contributed by atoms with Crippen LogP contribution in [-0.2, 0) is 6.54 Å². The van der Waals surface area contributed by atoms with Crippen molar-refractivity contribution in [2.24, 2.45) is 0 Å². The van der Waals surface area contributed by atoms with Crippen molar-refractivity contribution in [2.75, 3.05) is 4.90 Å². The number of thiazole rings is 1. The first-order valence-corrected chi connectivity index (χ1v) is 10.2. The molecule has 0 bridgehead atoms. The van der Waals surface area contributed by atoms with Crippen LogP contribution in [0.4, 0.5) is 9.52 Å². The summed E-state index contributed by atoms with van der Waals surface area (Å²) in [6.45, 7) is 0.265. The summed E-state index contributed by atoms with van der Waals surface area (Å²) in [7, 11) is 0. The number of nitrogens with zero attached hydrogens (tertiary/aromatic N) is 3. The average Bonchev–Trinajstić information content (AvgIpc) is 3.09. The fraction of sp³-hybridized carbons (Fsp3) is 0.0500. The van der Waals surface area contributed by atoms with Gasteiger partial charge in [0, 0.05) is 16.9 Å². The van der Waals surface area contributed by atoms with Crippen molar-refractivity contribution in [3.05, 3.63) is 87.4 Å². The molecule has 0 N–H and O–H groups in total. The van der Waals surface area contributed by atoms with Crippen LogP contribution in [0.5, 0.6) is 0 Å². The molecule has 4 aromatic rings. The number of aromatic nitrogens is 2. The van der Waals surface area contributed by atoms with Gasteiger partial charge in [-0.3, -0.25) is 14.7 Å². The van der Waals surface area contributed by atoms with Crippen molar-refractivity contribution in [1.82, 2.24) is 9.97 Å². The molecule has 28 heavy (non-hydrogen) atoms. The third-order valence-electron chi connectivity index (χ3n) is 4.04. The lowest BCUT2D eigenvalue weighted by Gasteiger charge is -2.20. The number of hydrogen-bond donors (Lipinski definition) is 0. The Morgan fingerprint density at radius 3 is 2.82 bits per heavy atom. The van der Waals surface area contributed by atoms with Gasteiger partial charge in [-0.15, -0.1) is 0 Å². The third kappa shape index (κ3) is 3.92. The summed E-state index contributed by atoms with van der Waals surface area (Å²) in [5, 5.41) is 0.590. The number of fused-ring (bicyclic) bond motifs is 1. The lowest BCUT2D eigenvalue weighted by molar-refractivity contribution is 0.0985. The first-order valence-electron chi connectivity index (χ1n) is 8.23. The van der Waals surface area contributed by atoms with E-state index in [1.54, 1.807) is 18.5 Å². The normalized spacial score (nSPS) is 11.0. The molecule has 2 heterocycles. The van der Waals surface area contributed by atoms with Gasteiger partial charge in [0.05, 0.1) is 27.3 Å². The summed E-state index contributed by atoms with van der Waals surface area (Å²) in [6, 6.07) is 13.2. The van der Waals surface area contributed by atoms with Crippen molar-refractivity contribution < 1.29 is 9.18 Å². The molecule has 0 aliphatic rings. The zero-order chi connectivity index (χ0) is 19.7. The van der Waals surface area contributed by atoms with E-state index in [2.05, 4.69) is 25.9 Å². The smallest absolute Gasteiger partial charge is 0.261 e. The first-order chi connectivity index (χ1) is 13.5. The zero-order valence-electron chi connectivity index (χ0n) is 14.3. The van der Waals surface area contributed by atoms with Crippen molar-refractivity contribution in [2.45, 2.75) is 6.54 Å². The van der Waals surface area contributed by atoms with Gasteiger partial charge < -0.3 is 0 Å². The molecule has 4 rings (SSSR count). The van der Waals surface area contributed by atoms with Crippen LogP contribution in [0.15, 0.2) is 65.4 Å². The second-order valence-corrected chi connectivity index (χ2v) is 8.32. The van der Waals surface area contributed by atoms with Gasteiger partial charge in [0.1, 0.15) is 5.82 Å². The second kappa shape index (κ2) is 7.95. The average molecular weight is 477 g/mol. The third-order valence-corrected chi connectivity index (χ3v) is 5.89. The molecular formula is C20H12BrClFN3OS. The predicted molar refractivity (Wildman–Crippen MR) is 113 cm³/mol. The predicted octanol–water partition coefficient (Wildman–Crippen LogP) is 6.09. The van der Waals surface area contributed by atoms with Gasteiger partial charge in [-0.25, -0.2) is 9.37 Å². The zero-order valence-corrected chi connectivity index (χ0v) is 17.4. The number of benzene rings is 2. The number of hydrogen-bond acceptors (Lipinski definition) is 4. The minimum Gasteiger partial charge on any atom is -0.279 e. The summed E-state index contributed by atoms with van der Waals surface area (Å²) in [6.07, 6.45) is 3.36. The number of anilines is 1. The molecule has 0 saturated heterocycles. The molecule has 0 radical (unpaired) electrons. The Morgan fingerprint density at radius 1 is 1.21 bits per heavy atom. The van der Waals surface area contributed by atoms with E-state index in [0.717, 1.165) is 26.3 Å². The summed E-state index contributed by atoms with van der Waals surface area (Å²) in [5.74, 6) is -0.850. The molecule has 0 unspecified atom stereocenters. The van der Waals surface area contributed by atoms with Crippen molar-refractivity contribution in [3.8, 4) is 0 Å². The van der Waals surface area contributed by atoms with Gasteiger partial charge in [0.2, 0.25) is 0 Å². The van der Waals surface area contributed by atoms with E-state index >= 15 is 0 Å². The minimum atomic E-state index is -0.495. The Bertz CT molecular complexity index is 1170. The maximum absolute atomic E-state index is 13.4. The standard InChI is InChI=1S/C20H12BrClFN3OS/c21-13-3-6-17-18(8-13)28-20(25-17)26(11-12-2-1-7-24-10-12)19(27)15-5-4-14(23)9-16(15)22/h1-10H,11H2. The van der Waals surface area contributed by atoms with Crippen LogP contribution in [0.1, 0.15) is 15.9 Å². The highest BCUT2D eigenvalue weighted by atomic mass is 79.9. The fourth-order valence-corrected chi connectivity index (χ4v) is 4.47. The van der Waals surface area contributed by atoms with E-state index in [4.69, 9.17) is 11.6 Å². The van der Waals surface area contributed by atoms with Gasteiger partial charge in [-0.05, 0) is 48.0 Å². The van der Waals surface area contributed by atoms with E-state index < -0.39 is 5.82 Å². The van der Waals surface area contributed by atoms with Gasteiger partial charge in [-0.2, -0.15) is 0 Å². The molecule has 0 fully saturated rings. The van der Waals surface area contributed by atoms with Crippen LogP contribution in [0.25, 0.3) is 10.2 Å². The highest BCUT2D eigenvalue weighted by Gasteiger charge is 2.24. The molecule has 140 valence electrons. The number of rotatable bonds is 4. The van der Waals surface area contributed by atoms with Crippen molar-refractivity contribution >= 4 is 60.1 Å². The van der Waals surface area contributed by atoms with Gasteiger partial charge >= 0.3 is 0 Å². The summed E-state index contributed by atoms with van der Waals surface area (Å²) >= 11 is 11.0. The number of carbonyl (C=O) groups is 1. The second-order valence-electron chi connectivity index (χ2n) is 5.99. The number of pyridine rings is 1. The lowest BCUT2D eigenvalue weighted by atomic mass is 10.2. The topological polar surface area (TPSA) is 46.1 Å². The molecule has 0 atom stereocenters. The summed E-state index contributed by atoms with van der Waals surface area (Å²) < 4.78 is 15.3. The van der Waals surface area contributed by atoms with Crippen LogP contribution >= 0.6 is 38.9 Å². The number of carbonyl (C=O) groups excluding carboxylic acids is 1. The van der Waals surface area contributed by atoms with Crippen LogP contribution in [0.2, 0.25) is 5.02 Å². The molecule has 1 amide bonds. The molecule has 0 aliphatic carbocycles. The Morgan fingerprint density at radius 2 is 2.07 bits per heavy atom. The Balaban J connectivity index is 1.79. The van der Waals surface area contributed by atoms with Crippen LogP contribution in [0.3, 0.4) is 0 Å². The monoisotopic (exact) mass is 475 g/mol. The molecule has 0 saturated carbocycles. The van der Waals surface area contributed by atoms with E-state index in [-0.39, 0.29) is 23.0 Å². The Labute approximate surface area is 177 Å². The number of halogens is 3. The van der Waals surface area contributed by atoms with Gasteiger partial charge in [-0.1, -0.05) is 44.9 Å². The fourth-order valence-electron chi connectivity index (χ4n) is 2.71. The molecular weight excluding hydrogens is 465 g/mol. The Kier molecular flexibility index (Phi) is 5.39. The van der Waals surface area contributed by atoms with Crippen LogP contribution in [0, 0.1) is 5.82 Å². The van der Waals surface area contributed by atoms with E-state index in [9.17, 15) is 9.18 Å². The maximum atomic E-state index is 13.4. The van der Waals surface area contributed by atoms with Crippen molar-refractivity contribution in [1.29, 1.82) is 0 Å². The Hall–Kier alpha value is -2.35. The highest BCUT2D eigenvalue weighted by Crippen LogP contribution is 2.33. The minimum absolute atomic E-state index is 0.0602. The van der Waals surface area contributed by atoms with Gasteiger partial charge in [0.15, 0.2) is 5.13 Å². The molecule has 0 spiro atoms. The molecule has 2 aromatic carbocycles. The first kappa shape index (κ1) is 19.0. The van der Waals surface area contributed by atoms with E-state index in [1.807, 2.05) is 24.3 Å². The highest BCUT2D eigenvalue weighted by molar-refractivity contribution is 9.10. The lowest BCUT2D eigenvalue weighted by Crippen LogP contribution is -2.30. The quantitative estimate of drug-likeness (QED) is 0.358. The molecule has 8 heteroatoms. The summed E-state index contributed by atoms with van der Waals surface area (Å²) in [4.78, 5) is 23.5. The molecule has 4 nitrogen and oxygen atoms in total. The van der Waals surface area contributed by atoms with E-state index in [1.165, 1.54) is 28.4 Å². The van der Waals surface area contributed by atoms with E-state index in [0.29, 0.717) is 5.13 Å².